The standard InChI is InChI=1S/C22H35N3O3/c1-4-16-28-20-9-7-8-18(17-20)10-13-24-22(23-5-2)25-14-11-19(12-15-25)21(26)27-6-3/h7-9,17,19H,4-6,10-16H2,1-3H3,(H,23,24). The zero-order chi connectivity index (χ0) is 20.2. The van der Waals surface area contributed by atoms with E-state index < -0.39 is 0 Å². The Balaban J connectivity index is 1.88. The molecule has 0 amide bonds. The number of piperidine rings is 1. The molecule has 1 aromatic rings. The van der Waals surface area contributed by atoms with Crippen LogP contribution in [0.3, 0.4) is 0 Å². The fourth-order valence-electron chi connectivity index (χ4n) is 3.31. The first-order valence-corrected chi connectivity index (χ1v) is 10.6. The van der Waals surface area contributed by atoms with Gasteiger partial charge in [0.1, 0.15) is 5.75 Å². The van der Waals surface area contributed by atoms with Crippen LogP contribution in [0, 0.1) is 5.92 Å². The van der Waals surface area contributed by atoms with Crippen LogP contribution >= 0.6 is 0 Å². The van der Waals surface area contributed by atoms with Gasteiger partial charge in [-0.1, -0.05) is 19.1 Å². The van der Waals surface area contributed by atoms with Gasteiger partial charge in [-0.15, -0.1) is 0 Å². The minimum atomic E-state index is -0.0609. The smallest absolute Gasteiger partial charge is 0.309 e. The van der Waals surface area contributed by atoms with Crippen LogP contribution < -0.4 is 10.1 Å². The van der Waals surface area contributed by atoms with E-state index in [4.69, 9.17) is 14.5 Å². The van der Waals surface area contributed by atoms with E-state index in [1.807, 2.05) is 19.1 Å². The van der Waals surface area contributed by atoms with Gasteiger partial charge in [0.15, 0.2) is 5.96 Å². The number of ether oxygens (including phenoxy) is 2. The second-order valence-corrected chi connectivity index (χ2v) is 6.99. The van der Waals surface area contributed by atoms with Crippen molar-refractivity contribution in [2.45, 2.75) is 46.5 Å². The van der Waals surface area contributed by atoms with Crippen molar-refractivity contribution in [3.05, 3.63) is 29.8 Å². The average molecular weight is 390 g/mol. The summed E-state index contributed by atoms with van der Waals surface area (Å²) in [7, 11) is 0. The average Bonchev–Trinajstić information content (AvgIpc) is 2.72. The lowest BCUT2D eigenvalue weighted by molar-refractivity contribution is -0.149. The normalized spacial score (nSPS) is 15.4. The van der Waals surface area contributed by atoms with Crippen molar-refractivity contribution in [2.24, 2.45) is 10.9 Å². The molecule has 0 saturated carbocycles. The highest BCUT2D eigenvalue weighted by molar-refractivity contribution is 5.80. The van der Waals surface area contributed by atoms with Crippen LogP contribution in [-0.4, -0.2) is 56.2 Å². The van der Waals surface area contributed by atoms with Crippen LogP contribution in [0.2, 0.25) is 0 Å². The topological polar surface area (TPSA) is 63.2 Å². The van der Waals surface area contributed by atoms with Crippen LogP contribution in [0.15, 0.2) is 29.3 Å². The largest absolute Gasteiger partial charge is 0.494 e. The Hall–Kier alpha value is -2.24. The Bertz CT molecular complexity index is 625. The van der Waals surface area contributed by atoms with Crippen molar-refractivity contribution in [1.82, 2.24) is 10.2 Å². The summed E-state index contributed by atoms with van der Waals surface area (Å²) in [4.78, 5) is 19.0. The lowest BCUT2D eigenvalue weighted by Gasteiger charge is -2.33. The highest BCUT2D eigenvalue weighted by Crippen LogP contribution is 2.19. The highest BCUT2D eigenvalue weighted by Gasteiger charge is 2.27. The lowest BCUT2D eigenvalue weighted by atomic mass is 9.97. The number of hydrogen-bond acceptors (Lipinski definition) is 4. The molecule has 2 rings (SSSR count). The van der Waals surface area contributed by atoms with Gasteiger partial charge in [-0.05, 0) is 57.2 Å². The molecule has 1 N–H and O–H groups in total. The molecule has 28 heavy (non-hydrogen) atoms. The number of nitrogens with zero attached hydrogens (tertiary/aromatic N) is 2. The molecule has 0 spiro atoms. The Kier molecular flexibility index (Phi) is 9.66. The summed E-state index contributed by atoms with van der Waals surface area (Å²) in [6.45, 7) is 10.4. The number of aliphatic imine (C=N–C) groups is 1. The maximum absolute atomic E-state index is 11.9. The van der Waals surface area contributed by atoms with Crippen molar-refractivity contribution in [2.75, 3.05) is 39.4 Å². The maximum atomic E-state index is 11.9. The SMILES string of the molecule is CCCOc1cccc(CCN=C(NCC)N2CCC(C(=O)OCC)CC2)c1. The Labute approximate surface area is 169 Å². The van der Waals surface area contributed by atoms with Gasteiger partial charge in [-0.3, -0.25) is 9.79 Å². The molecule has 0 aliphatic carbocycles. The molecule has 6 heteroatoms. The van der Waals surface area contributed by atoms with E-state index in [1.54, 1.807) is 0 Å². The first kappa shape index (κ1) is 22.1. The van der Waals surface area contributed by atoms with E-state index in [9.17, 15) is 4.79 Å². The zero-order valence-electron chi connectivity index (χ0n) is 17.6. The minimum Gasteiger partial charge on any atom is -0.494 e. The van der Waals surface area contributed by atoms with Crippen molar-refractivity contribution in [3.8, 4) is 5.75 Å². The molecule has 1 aromatic carbocycles. The molecular formula is C22H35N3O3. The van der Waals surface area contributed by atoms with Crippen molar-refractivity contribution >= 4 is 11.9 Å². The van der Waals surface area contributed by atoms with Crippen LogP contribution in [0.25, 0.3) is 0 Å². The number of carbonyl (C=O) groups is 1. The van der Waals surface area contributed by atoms with Gasteiger partial charge in [-0.2, -0.15) is 0 Å². The van der Waals surface area contributed by atoms with Gasteiger partial charge in [0.05, 0.1) is 19.1 Å². The molecular weight excluding hydrogens is 354 g/mol. The molecule has 1 fully saturated rings. The first-order valence-electron chi connectivity index (χ1n) is 10.6. The summed E-state index contributed by atoms with van der Waals surface area (Å²) >= 11 is 0. The molecule has 1 saturated heterocycles. The summed E-state index contributed by atoms with van der Waals surface area (Å²) in [5, 5.41) is 3.38. The Morgan fingerprint density at radius 1 is 1.25 bits per heavy atom. The van der Waals surface area contributed by atoms with Gasteiger partial charge in [0, 0.05) is 26.2 Å². The number of hydrogen-bond donors (Lipinski definition) is 1. The lowest BCUT2D eigenvalue weighted by Crippen LogP contribution is -2.46. The molecule has 0 aromatic heterocycles. The first-order chi connectivity index (χ1) is 13.7. The third-order valence-corrected chi connectivity index (χ3v) is 4.78. The predicted octanol–water partition coefficient (Wildman–Crippen LogP) is 3.26. The van der Waals surface area contributed by atoms with E-state index in [2.05, 4.69) is 36.2 Å². The number of nitrogens with one attached hydrogen (secondary N) is 1. The maximum Gasteiger partial charge on any atom is 0.309 e. The molecule has 0 unspecified atom stereocenters. The van der Waals surface area contributed by atoms with E-state index in [-0.39, 0.29) is 11.9 Å². The summed E-state index contributed by atoms with van der Waals surface area (Å²) in [5.74, 6) is 1.82. The third kappa shape index (κ3) is 7.06. The zero-order valence-corrected chi connectivity index (χ0v) is 17.6. The van der Waals surface area contributed by atoms with Crippen LogP contribution in [0.4, 0.5) is 0 Å². The number of carbonyl (C=O) groups excluding carboxylic acids is 1. The molecule has 0 radical (unpaired) electrons. The summed E-state index contributed by atoms with van der Waals surface area (Å²) < 4.78 is 10.9. The number of likely N-dealkylation sites (tertiary alicyclic amines) is 1. The second-order valence-electron chi connectivity index (χ2n) is 6.99. The number of esters is 1. The van der Waals surface area contributed by atoms with Crippen molar-refractivity contribution in [1.29, 1.82) is 0 Å². The highest BCUT2D eigenvalue weighted by atomic mass is 16.5. The van der Waals surface area contributed by atoms with Crippen LogP contribution in [-0.2, 0) is 16.0 Å². The van der Waals surface area contributed by atoms with Gasteiger partial charge < -0.3 is 19.7 Å². The number of benzene rings is 1. The van der Waals surface area contributed by atoms with Gasteiger partial charge in [0.2, 0.25) is 0 Å². The molecule has 0 atom stereocenters. The van der Waals surface area contributed by atoms with Crippen LogP contribution in [0.5, 0.6) is 5.75 Å². The Morgan fingerprint density at radius 3 is 2.71 bits per heavy atom. The van der Waals surface area contributed by atoms with Gasteiger partial charge in [-0.25, -0.2) is 0 Å². The van der Waals surface area contributed by atoms with Gasteiger partial charge >= 0.3 is 5.97 Å². The van der Waals surface area contributed by atoms with Crippen LogP contribution in [0.1, 0.15) is 45.6 Å². The van der Waals surface area contributed by atoms with E-state index >= 15 is 0 Å². The number of rotatable bonds is 9. The molecule has 156 valence electrons. The third-order valence-electron chi connectivity index (χ3n) is 4.78. The number of guanidine groups is 1. The molecule has 1 heterocycles. The summed E-state index contributed by atoms with van der Waals surface area (Å²) in [6.07, 6.45) is 3.52. The van der Waals surface area contributed by atoms with Gasteiger partial charge in [0.25, 0.3) is 0 Å². The predicted molar refractivity (Wildman–Crippen MR) is 113 cm³/mol. The van der Waals surface area contributed by atoms with E-state index in [0.29, 0.717) is 6.61 Å². The summed E-state index contributed by atoms with van der Waals surface area (Å²) in [6, 6.07) is 8.25. The summed E-state index contributed by atoms with van der Waals surface area (Å²) in [5.41, 5.74) is 1.23. The minimum absolute atomic E-state index is 0.0185. The molecule has 1 aliphatic rings. The van der Waals surface area contributed by atoms with Crippen molar-refractivity contribution in [3.63, 3.8) is 0 Å². The molecule has 6 nitrogen and oxygen atoms in total. The van der Waals surface area contributed by atoms with E-state index in [0.717, 1.165) is 70.2 Å². The quantitative estimate of drug-likeness (QED) is 0.399. The molecule has 0 bridgehead atoms. The fourth-order valence-corrected chi connectivity index (χ4v) is 3.31. The fraction of sp³-hybridized carbons (Fsp3) is 0.636. The second kappa shape index (κ2) is 12.3. The monoisotopic (exact) mass is 389 g/mol. The van der Waals surface area contributed by atoms with E-state index in [1.165, 1.54) is 5.56 Å². The Morgan fingerprint density at radius 2 is 2.04 bits per heavy atom. The van der Waals surface area contributed by atoms with Crippen molar-refractivity contribution < 1.29 is 14.3 Å². The molecule has 1 aliphatic heterocycles.